The summed E-state index contributed by atoms with van der Waals surface area (Å²) in [5, 5.41) is 6.29. The van der Waals surface area contributed by atoms with E-state index in [9.17, 15) is 4.79 Å². The highest BCUT2D eigenvalue weighted by molar-refractivity contribution is 5.85. The topological polar surface area (TPSA) is 59.6 Å². The number of carbonyl (C=O) groups excluding carboxylic acids is 1. The van der Waals surface area contributed by atoms with Gasteiger partial charge >= 0.3 is 0 Å². The molecule has 1 fully saturated rings. The van der Waals surface area contributed by atoms with E-state index in [-0.39, 0.29) is 29.8 Å². The molecule has 1 saturated heterocycles. The summed E-state index contributed by atoms with van der Waals surface area (Å²) in [7, 11) is 0. The van der Waals surface area contributed by atoms with Crippen LogP contribution in [0.3, 0.4) is 0 Å². The Labute approximate surface area is 143 Å². The zero-order valence-corrected chi connectivity index (χ0v) is 14.5. The fraction of sp³-hybridized carbons (Fsp3) is 0.588. The van der Waals surface area contributed by atoms with Crippen LogP contribution in [0.15, 0.2) is 18.2 Å². The predicted octanol–water partition coefficient (Wildman–Crippen LogP) is 2.03. The highest BCUT2D eigenvalue weighted by Crippen LogP contribution is 2.34. The number of hydrogen-bond donors (Lipinski definition) is 2. The second-order valence-corrected chi connectivity index (χ2v) is 6.61. The van der Waals surface area contributed by atoms with Crippen molar-refractivity contribution in [1.82, 2.24) is 10.6 Å². The van der Waals surface area contributed by atoms with Crippen LogP contribution in [0.25, 0.3) is 0 Å². The summed E-state index contributed by atoms with van der Waals surface area (Å²) < 4.78 is 11.2. The lowest BCUT2D eigenvalue weighted by Crippen LogP contribution is -2.45. The number of ether oxygens (including phenoxy) is 2. The van der Waals surface area contributed by atoms with Gasteiger partial charge in [0, 0.05) is 12.0 Å². The zero-order valence-electron chi connectivity index (χ0n) is 13.7. The minimum Gasteiger partial charge on any atom is -0.486 e. The summed E-state index contributed by atoms with van der Waals surface area (Å²) in [5.74, 6) is 1.69. The lowest BCUT2D eigenvalue weighted by molar-refractivity contribution is -0.123. The van der Waals surface area contributed by atoms with E-state index in [2.05, 4.69) is 24.5 Å². The Hall–Kier alpha value is -1.46. The molecule has 1 atom stereocenters. The third kappa shape index (κ3) is 4.09. The molecule has 1 aromatic carbocycles. The van der Waals surface area contributed by atoms with E-state index in [0.29, 0.717) is 19.8 Å². The fourth-order valence-electron chi connectivity index (χ4n) is 2.91. The third-order valence-corrected chi connectivity index (χ3v) is 4.41. The van der Waals surface area contributed by atoms with E-state index in [1.54, 1.807) is 0 Å². The second kappa shape index (κ2) is 7.41. The molecular weight excluding hydrogens is 316 g/mol. The number of hydrogen-bond acceptors (Lipinski definition) is 4. The van der Waals surface area contributed by atoms with Crippen molar-refractivity contribution in [2.45, 2.75) is 38.1 Å². The predicted molar refractivity (Wildman–Crippen MR) is 91.7 cm³/mol. The fourth-order valence-corrected chi connectivity index (χ4v) is 2.91. The van der Waals surface area contributed by atoms with Crippen molar-refractivity contribution in [3.05, 3.63) is 23.8 Å². The van der Waals surface area contributed by atoms with Crippen molar-refractivity contribution < 1.29 is 14.3 Å². The SMILES string of the molecule is CC(C)(CNC(=O)C1CCCN1)c1ccc2c(c1)OCCO2.Cl. The number of rotatable bonds is 4. The van der Waals surface area contributed by atoms with Crippen molar-refractivity contribution >= 4 is 18.3 Å². The standard InChI is InChI=1S/C17H24N2O3.ClH/c1-17(2,11-19-16(20)13-4-3-7-18-13)12-5-6-14-15(10-12)22-9-8-21-14;/h5-6,10,13,18H,3-4,7-9,11H2,1-2H3,(H,19,20);1H. The molecule has 2 aliphatic heterocycles. The van der Waals surface area contributed by atoms with Gasteiger partial charge < -0.3 is 20.1 Å². The summed E-state index contributed by atoms with van der Waals surface area (Å²) in [5.41, 5.74) is 0.973. The van der Waals surface area contributed by atoms with Crippen molar-refractivity contribution in [3.8, 4) is 11.5 Å². The zero-order chi connectivity index (χ0) is 15.6. The van der Waals surface area contributed by atoms with Crippen LogP contribution in [0.4, 0.5) is 0 Å². The second-order valence-electron chi connectivity index (χ2n) is 6.61. The first-order valence-corrected chi connectivity index (χ1v) is 7.97. The molecule has 0 radical (unpaired) electrons. The summed E-state index contributed by atoms with van der Waals surface area (Å²) in [4.78, 5) is 12.1. The smallest absolute Gasteiger partial charge is 0.237 e. The molecule has 128 valence electrons. The molecule has 0 saturated carbocycles. The van der Waals surface area contributed by atoms with Crippen molar-refractivity contribution in [1.29, 1.82) is 0 Å². The van der Waals surface area contributed by atoms with Gasteiger partial charge in [-0.15, -0.1) is 12.4 Å². The van der Waals surface area contributed by atoms with Crippen LogP contribution in [0.5, 0.6) is 11.5 Å². The Morgan fingerprint density at radius 2 is 2.04 bits per heavy atom. The van der Waals surface area contributed by atoms with Crippen molar-refractivity contribution in [2.75, 3.05) is 26.3 Å². The number of halogens is 1. The van der Waals surface area contributed by atoms with Crippen molar-refractivity contribution in [3.63, 3.8) is 0 Å². The van der Waals surface area contributed by atoms with Gasteiger partial charge in [-0.05, 0) is 37.1 Å². The maximum Gasteiger partial charge on any atom is 0.237 e. The van der Waals surface area contributed by atoms with Gasteiger partial charge in [0.15, 0.2) is 11.5 Å². The van der Waals surface area contributed by atoms with Crippen LogP contribution in [-0.2, 0) is 10.2 Å². The van der Waals surface area contributed by atoms with E-state index >= 15 is 0 Å². The van der Waals surface area contributed by atoms with Crippen molar-refractivity contribution in [2.24, 2.45) is 0 Å². The molecule has 2 heterocycles. The summed E-state index contributed by atoms with van der Waals surface area (Å²) in [6.07, 6.45) is 2.00. The van der Waals surface area contributed by atoms with Gasteiger partial charge in [0.05, 0.1) is 6.04 Å². The van der Waals surface area contributed by atoms with Crippen LogP contribution in [0, 0.1) is 0 Å². The molecular formula is C17H25ClN2O3. The number of amides is 1. The van der Waals surface area contributed by atoms with Crippen LogP contribution in [0.1, 0.15) is 32.3 Å². The average molecular weight is 341 g/mol. The van der Waals surface area contributed by atoms with Gasteiger partial charge in [0.2, 0.25) is 5.91 Å². The quantitative estimate of drug-likeness (QED) is 0.880. The maximum absolute atomic E-state index is 12.1. The molecule has 3 rings (SSSR count). The van der Waals surface area contributed by atoms with E-state index < -0.39 is 0 Å². The molecule has 0 aromatic heterocycles. The molecule has 0 bridgehead atoms. The highest BCUT2D eigenvalue weighted by atomic mass is 35.5. The van der Waals surface area contributed by atoms with Gasteiger partial charge in [-0.1, -0.05) is 19.9 Å². The van der Waals surface area contributed by atoms with E-state index in [1.807, 2.05) is 18.2 Å². The molecule has 2 N–H and O–H groups in total. The number of fused-ring (bicyclic) bond motifs is 1. The minimum atomic E-state index is -0.163. The van der Waals surface area contributed by atoms with Gasteiger partial charge in [-0.3, -0.25) is 4.79 Å². The third-order valence-electron chi connectivity index (χ3n) is 4.41. The first-order valence-electron chi connectivity index (χ1n) is 7.97. The summed E-state index contributed by atoms with van der Waals surface area (Å²) >= 11 is 0. The Kier molecular flexibility index (Phi) is 5.76. The first-order chi connectivity index (χ1) is 10.6. The van der Waals surface area contributed by atoms with Gasteiger partial charge in [-0.25, -0.2) is 0 Å². The number of carbonyl (C=O) groups is 1. The van der Waals surface area contributed by atoms with Gasteiger partial charge in [0.25, 0.3) is 0 Å². The lowest BCUT2D eigenvalue weighted by Gasteiger charge is -2.28. The van der Waals surface area contributed by atoms with Gasteiger partial charge in [0.1, 0.15) is 13.2 Å². The number of nitrogens with one attached hydrogen (secondary N) is 2. The van der Waals surface area contributed by atoms with E-state index in [1.165, 1.54) is 0 Å². The first kappa shape index (κ1) is 17.9. The van der Waals surface area contributed by atoms with Crippen LogP contribution >= 0.6 is 12.4 Å². The molecule has 5 nitrogen and oxygen atoms in total. The molecule has 1 unspecified atom stereocenters. The average Bonchev–Trinajstić information content (AvgIpc) is 3.07. The molecule has 23 heavy (non-hydrogen) atoms. The van der Waals surface area contributed by atoms with E-state index in [4.69, 9.17) is 9.47 Å². The Morgan fingerprint density at radius 1 is 1.30 bits per heavy atom. The molecule has 0 aliphatic carbocycles. The minimum absolute atomic E-state index is 0. The lowest BCUT2D eigenvalue weighted by atomic mass is 9.84. The molecule has 1 amide bonds. The van der Waals surface area contributed by atoms with Crippen LogP contribution < -0.4 is 20.1 Å². The monoisotopic (exact) mass is 340 g/mol. The van der Waals surface area contributed by atoms with E-state index in [0.717, 1.165) is 36.4 Å². The Morgan fingerprint density at radius 3 is 2.74 bits per heavy atom. The van der Waals surface area contributed by atoms with Crippen LogP contribution in [0.2, 0.25) is 0 Å². The summed E-state index contributed by atoms with van der Waals surface area (Å²) in [6.45, 7) is 6.97. The summed E-state index contributed by atoms with van der Waals surface area (Å²) in [6, 6.07) is 5.99. The maximum atomic E-state index is 12.1. The molecule has 2 aliphatic rings. The Bertz CT molecular complexity index is 557. The largest absolute Gasteiger partial charge is 0.486 e. The Balaban J connectivity index is 0.00000192. The molecule has 0 spiro atoms. The van der Waals surface area contributed by atoms with Gasteiger partial charge in [-0.2, -0.15) is 0 Å². The molecule has 6 heteroatoms. The highest BCUT2D eigenvalue weighted by Gasteiger charge is 2.27. The molecule has 1 aromatic rings. The normalized spacial score (nSPS) is 19.8. The van der Waals surface area contributed by atoms with Crippen LogP contribution in [-0.4, -0.2) is 38.3 Å². The number of benzene rings is 1.